The summed E-state index contributed by atoms with van der Waals surface area (Å²) in [6.45, 7) is 1.05. The number of aliphatic carboxylic acids is 2. The van der Waals surface area contributed by atoms with Crippen LogP contribution in [0.3, 0.4) is 0 Å². The van der Waals surface area contributed by atoms with Crippen molar-refractivity contribution in [1.29, 1.82) is 0 Å². The molecule has 0 aliphatic carbocycles. The largest absolute Gasteiger partial charge is 0.481 e. The van der Waals surface area contributed by atoms with Crippen LogP contribution >= 0.6 is 7.52 Å². The van der Waals surface area contributed by atoms with Crippen molar-refractivity contribution in [2.75, 3.05) is 6.66 Å². The van der Waals surface area contributed by atoms with E-state index >= 15 is 0 Å². The Hall–Kier alpha value is -0.910. The first-order valence-corrected chi connectivity index (χ1v) is 7.85. The molecule has 0 aromatic rings. The molecule has 106 valence electrons. The lowest BCUT2D eigenvalue weighted by atomic mass is 10.1. The van der Waals surface area contributed by atoms with Gasteiger partial charge < -0.3 is 15.1 Å². The molecule has 0 saturated carbocycles. The molecule has 0 fully saturated rings. The predicted octanol–water partition coefficient (Wildman–Crippen LogP) is 1.27. The van der Waals surface area contributed by atoms with E-state index in [2.05, 4.69) is 5.09 Å². The molecule has 0 aromatic heterocycles. The Morgan fingerprint density at radius 3 is 2.17 bits per heavy atom. The highest BCUT2D eigenvalue weighted by atomic mass is 31.2. The summed E-state index contributed by atoms with van der Waals surface area (Å²) >= 11 is 0. The van der Waals surface area contributed by atoms with Crippen LogP contribution < -0.4 is 5.09 Å². The maximum atomic E-state index is 11.1. The van der Waals surface area contributed by atoms with Crippen LogP contribution in [0.4, 0.5) is 0 Å². The molecule has 2 atom stereocenters. The third-order valence-corrected chi connectivity index (χ3v) is 3.12. The van der Waals surface area contributed by atoms with E-state index in [-0.39, 0.29) is 12.8 Å². The van der Waals surface area contributed by atoms with Gasteiger partial charge in [0.25, 0.3) is 7.52 Å². The smallest absolute Gasteiger partial charge is 0.321 e. The van der Waals surface area contributed by atoms with Crippen molar-refractivity contribution >= 4 is 19.5 Å². The molecule has 4 N–H and O–H groups in total. The summed E-state index contributed by atoms with van der Waals surface area (Å²) in [5.41, 5.74) is 0. The Morgan fingerprint density at radius 2 is 1.72 bits per heavy atom. The van der Waals surface area contributed by atoms with Crippen molar-refractivity contribution in [3.63, 3.8) is 0 Å². The van der Waals surface area contributed by atoms with Gasteiger partial charge in [0.05, 0.1) is 0 Å². The van der Waals surface area contributed by atoms with Crippen molar-refractivity contribution in [3.8, 4) is 0 Å². The Kier molecular flexibility index (Phi) is 7.82. The lowest BCUT2D eigenvalue weighted by molar-refractivity contribution is -0.139. The second kappa shape index (κ2) is 8.24. The fourth-order valence-corrected chi connectivity index (χ4v) is 2.33. The molecule has 0 aliphatic rings. The minimum Gasteiger partial charge on any atom is -0.481 e. The van der Waals surface area contributed by atoms with Crippen LogP contribution in [-0.2, 0) is 14.2 Å². The van der Waals surface area contributed by atoms with Gasteiger partial charge in [0.2, 0.25) is 0 Å². The highest BCUT2D eigenvalue weighted by Gasteiger charge is 2.23. The van der Waals surface area contributed by atoms with E-state index in [1.54, 1.807) is 0 Å². The minimum absolute atomic E-state index is 0.113. The lowest BCUT2D eigenvalue weighted by Gasteiger charge is -2.16. The molecule has 0 aromatic carbocycles. The summed E-state index contributed by atoms with van der Waals surface area (Å²) in [5, 5.41) is 19.4. The molecule has 18 heavy (non-hydrogen) atoms. The van der Waals surface area contributed by atoms with Crippen LogP contribution in [0.5, 0.6) is 0 Å². The van der Waals surface area contributed by atoms with Gasteiger partial charge in [-0.15, -0.1) is 0 Å². The molecule has 0 rings (SSSR count). The van der Waals surface area contributed by atoms with E-state index in [1.165, 1.54) is 0 Å². The lowest BCUT2D eigenvalue weighted by Crippen LogP contribution is -2.34. The first kappa shape index (κ1) is 17.1. The fraction of sp³-hybridized carbons (Fsp3) is 0.800. The van der Waals surface area contributed by atoms with Gasteiger partial charge in [0, 0.05) is 13.1 Å². The maximum absolute atomic E-state index is 11.1. The van der Waals surface area contributed by atoms with Gasteiger partial charge >= 0.3 is 11.9 Å². The van der Waals surface area contributed by atoms with Crippen molar-refractivity contribution in [1.82, 2.24) is 5.09 Å². The predicted molar refractivity (Wildman–Crippen MR) is 65.6 cm³/mol. The van der Waals surface area contributed by atoms with Crippen molar-refractivity contribution in [2.45, 2.75) is 44.6 Å². The van der Waals surface area contributed by atoms with E-state index in [9.17, 15) is 14.2 Å². The summed E-state index contributed by atoms with van der Waals surface area (Å²) < 4.78 is 11.1. The van der Waals surface area contributed by atoms with Crippen molar-refractivity contribution in [3.05, 3.63) is 0 Å². The van der Waals surface area contributed by atoms with E-state index in [0.717, 1.165) is 6.66 Å². The highest BCUT2D eigenvalue weighted by Crippen LogP contribution is 2.30. The number of hydrogen-bond acceptors (Lipinski definition) is 3. The summed E-state index contributed by atoms with van der Waals surface area (Å²) in [6.07, 6.45) is 2.91. The molecular weight excluding hydrogens is 261 g/mol. The fourth-order valence-electron chi connectivity index (χ4n) is 1.51. The monoisotopic (exact) mass is 281 g/mol. The Bertz CT molecular complexity index is 326. The summed E-state index contributed by atoms with van der Waals surface area (Å²) in [4.78, 5) is 30.1. The zero-order valence-electron chi connectivity index (χ0n) is 10.3. The molecule has 2 unspecified atom stereocenters. The standard InChI is InChI=1S/C10H20NO6P/c1-18(16,17)11-8(10(14)15)6-4-2-3-5-7-9(12)13/h8H,2-7H2,1H3,(H,12,13)(H,14,15)(H2,11,16,17). The second-order valence-corrected chi connectivity index (χ2v) is 6.26. The van der Waals surface area contributed by atoms with Crippen LogP contribution in [0, 0.1) is 0 Å². The summed E-state index contributed by atoms with van der Waals surface area (Å²) in [6, 6.07) is -1.04. The first-order chi connectivity index (χ1) is 8.22. The third kappa shape index (κ3) is 10.3. The summed E-state index contributed by atoms with van der Waals surface area (Å²) in [7, 11) is -3.56. The van der Waals surface area contributed by atoms with Gasteiger partial charge in [-0.1, -0.05) is 19.3 Å². The molecule has 0 radical (unpaired) electrons. The highest BCUT2D eigenvalue weighted by molar-refractivity contribution is 7.55. The van der Waals surface area contributed by atoms with Crippen LogP contribution in [0.1, 0.15) is 38.5 Å². The number of hydrogen-bond donors (Lipinski definition) is 4. The van der Waals surface area contributed by atoms with E-state index in [4.69, 9.17) is 15.1 Å². The molecule has 8 heteroatoms. The van der Waals surface area contributed by atoms with Crippen LogP contribution in [-0.4, -0.2) is 39.8 Å². The van der Waals surface area contributed by atoms with Gasteiger partial charge in [-0.05, 0) is 12.8 Å². The number of carboxylic acid groups (broad SMARTS) is 2. The SMILES string of the molecule is CP(=O)(O)NC(CCCCCCC(=O)O)C(=O)O. The van der Waals surface area contributed by atoms with Gasteiger partial charge in [-0.2, -0.15) is 0 Å². The molecular formula is C10H20NO6P. The topological polar surface area (TPSA) is 124 Å². The second-order valence-electron chi connectivity index (χ2n) is 4.25. The van der Waals surface area contributed by atoms with Crippen molar-refractivity contribution in [2.24, 2.45) is 0 Å². The quantitative estimate of drug-likeness (QED) is 0.351. The Morgan fingerprint density at radius 1 is 1.17 bits per heavy atom. The van der Waals surface area contributed by atoms with Crippen LogP contribution in [0.25, 0.3) is 0 Å². The number of nitrogens with one attached hydrogen (secondary N) is 1. The average Bonchev–Trinajstić information content (AvgIpc) is 2.18. The van der Waals surface area contributed by atoms with Gasteiger partial charge in [0.1, 0.15) is 6.04 Å². The minimum atomic E-state index is -3.56. The molecule has 0 amide bonds. The number of carboxylic acids is 2. The number of rotatable bonds is 10. The van der Waals surface area contributed by atoms with Crippen LogP contribution in [0.2, 0.25) is 0 Å². The molecule has 0 saturated heterocycles. The first-order valence-electron chi connectivity index (χ1n) is 5.75. The van der Waals surface area contributed by atoms with E-state index in [1.807, 2.05) is 0 Å². The molecule has 0 heterocycles. The summed E-state index contributed by atoms with van der Waals surface area (Å²) in [5.74, 6) is -2.00. The molecule has 0 aliphatic heterocycles. The maximum Gasteiger partial charge on any atom is 0.321 e. The van der Waals surface area contributed by atoms with Crippen molar-refractivity contribution < 1.29 is 29.3 Å². The van der Waals surface area contributed by atoms with Gasteiger partial charge in [-0.25, -0.2) is 5.09 Å². The zero-order valence-corrected chi connectivity index (χ0v) is 11.2. The van der Waals surface area contributed by atoms with Crippen LogP contribution in [0.15, 0.2) is 0 Å². The van der Waals surface area contributed by atoms with Gasteiger partial charge in [-0.3, -0.25) is 14.2 Å². The zero-order chi connectivity index (χ0) is 14.2. The van der Waals surface area contributed by atoms with E-state index in [0.29, 0.717) is 25.7 Å². The van der Waals surface area contributed by atoms with Gasteiger partial charge in [0.15, 0.2) is 0 Å². The average molecular weight is 281 g/mol. The Labute approximate surface area is 106 Å². The Balaban J connectivity index is 3.82. The molecule has 7 nitrogen and oxygen atoms in total. The number of unbranched alkanes of at least 4 members (excludes halogenated alkanes) is 3. The third-order valence-electron chi connectivity index (χ3n) is 2.33. The number of carbonyl (C=O) groups is 2. The molecule has 0 spiro atoms. The molecule has 0 bridgehead atoms. The normalized spacial score (nSPS) is 15.9. The van der Waals surface area contributed by atoms with E-state index < -0.39 is 25.5 Å².